The minimum Gasteiger partial charge on any atom is -0.445 e. The molecule has 10 heterocycles. The highest BCUT2D eigenvalue weighted by molar-refractivity contribution is 5.97. The number of hydrogen-bond acceptors (Lipinski definition) is 17. The zero-order valence-corrected chi connectivity index (χ0v) is 47.3. The first-order valence-electron chi connectivity index (χ1n) is 29.6. The number of urea groups is 1. The van der Waals surface area contributed by atoms with Crippen molar-refractivity contribution in [2.45, 2.75) is 239 Å². The summed E-state index contributed by atoms with van der Waals surface area (Å²) in [6.45, 7) is 14.7. The molecule has 10 saturated heterocycles. The molecule has 10 aliphatic rings. The van der Waals surface area contributed by atoms with Crippen molar-refractivity contribution in [1.29, 1.82) is 0 Å². The van der Waals surface area contributed by atoms with E-state index in [1.165, 1.54) is 0 Å². The van der Waals surface area contributed by atoms with Crippen LogP contribution in [0.5, 0.6) is 0 Å². The number of aliphatic hydroxyl groups is 1. The zero-order valence-electron chi connectivity index (χ0n) is 47.3. The molecule has 1 aromatic carbocycles. The van der Waals surface area contributed by atoms with Gasteiger partial charge in [-0.2, -0.15) is 0 Å². The zero-order chi connectivity index (χ0) is 57.3. The minimum atomic E-state index is -1.07. The number of carbonyl (C=O) groups excluding carboxylic acids is 5. The first-order valence-corrected chi connectivity index (χ1v) is 29.6. The molecule has 21 atom stereocenters. The number of nitrogens with one attached hydrogen (secondary N) is 4. The number of rotatable bonds is 16. The van der Waals surface area contributed by atoms with Crippen molar-refractivity contribution in [2.75, 3.05) is 25.5 Å². The van der Waals surface area contributed by atoms with Gasteiger partial charge in [0.05, 0.1) is 73.2 Å². The van der Waals surface area contributed by atoms with Crippen molar-refractivity contribution in [3.63, 3.8) is 0 Å². The van der Waals surface area contributed by atoms with E-state index >= 15 is 0 Å². The Labute approximate surface area is 474 Å². The summed E-state index contributed by atoms with van der Waals surface area (Å²) < 4.78 is 66.2. The predicted octanol–water partition coefficient (Wildman–Crippen LogP) is 4.26. The van der Waals surface area contributed by atoms with Gasteiger partial charge < -0.3 is 85.2 Å². The Morgan fingerprint density at radius 3 is 2.30 bits per heavy atom. The lowest BCUT2D eigenvalue weighted by atomic mass is 9.81. The van der Waals surface area contributed by atoms with Gasteiger partial charge in [0, 0.05) is 70.3 Å². The number of aliphatic hydroxyl groups excluding tert-OH is 1. The molecule has 0 radical (unpaired) electrons. The van der Waals surface area contributed by atoms with E-state index in [1.807, 2.05) is 0 Å². The van der Waals surface area contributed by atoms with Crippen LogP contribution in [-0.2, 0) is 68.4 Å². The highest BCUT2D eigenvalue weighted by Gasteiger charge is 2.69. The third kappa shape index (κ3) is 13.8. The third-order valence-corrected chi connectivity index (χ3v) is 18.4. The second-order valence-electron chi connectivity index (χ2n) is 24.6. The van der Waals surface area contributed by atoms with Crippen LogP contribution in [0.3, 0.4) is 0 Å². The maximum Gasteiger partial charge on any atom is 0.407 e. The van der Waals surface area contributed by atoms with Crippen LogP contribution < -0.4 is 32.7 Å². The standard InChI is InChI=1S/C59H86N6O16/c1-29(2)48(60)56(69)65-41(8-7-19-62-57(61)70)55(68)64-34-11-9-33(10-12-34)28-73-58(71)63-27-36(67)24-46-49(72-6)40-23-35(66)22-38-14-16-43-50(76-38)54-53-52(78-43)51-47(79-53)26-59(80-51,81-54)18-17-39-21-31(4)42(74-39)15-13-37-20-30(3)32(5)44(75-37)25-45(40)77-46/h9-12,29-30,36-54,67H,4-5,7-8,13-28,60H2,1-3,6H3,(H,63,71)(H,64,68)(H,65,69)(H3,61,62,70)/t30-,36+,37+,38-,39+,40+,41+,42+,43+,44-,45+,46-,47-,48+,49-,50+,51+,52+,53-,54+,59+/m1/s1. The Morgan fingerprint density at radius 2 is 1.53 bits per heavy atom. The van der Waals surface area contributed by atoms with E-state index in [4.69, 9.17) is 58.8 Å². The average Bonchev–Trinajstić information content (AvgIpc) is 4.06. The molecule has 9 N–H and O–H groups in total. The van der Waals surface area contributed by atoms with E-state index in [9.17, 15) is 29.1 Å². The first kappa shape index (κ1) is 59.6. The lowest BCUT2D eigenvalue weighted by Crippen LogP contribution is -2.61. The lowest BCUT2D eigenvalue weighted by molar-refractivity contribution is -0.292. The topological polar surface area (TPSA) is 298 Å². The summed E-state index contributed by atoms with van der Waals surface area (Å²) >= 11 is 0. The fourth-order valence-corrected chi connectivity index (χ4v) is 13.9. The number of carbonyl (C=O) groups is 5. The molecule has 12 bridgehead atoms. The number of primary amides is 1. The number of ketones is 1. The summed E-state index contributed by atoms with van der Waals surface area (Å²) in [6.07, 6.45) is 1.63. The lowest BCUT2D eigenvalue weighted by Gasteiger charge is -2.47. The number of alkyl carbamates (subject to hydrolysis) is 1. The fourth-order valence-electron chi connectivity index (χ4n) is 13.9. The molecule has 0 saturated carbocycles. The van der Waals surface area contributed by atoms with E-state index in [0.717, 1.165) is 43.3 Å². The van der Waals surface area contributed by atoms with Crippen molar-refractivity contribution >= 4 is 35.4 Å². The van der Waals surface area contributed by atoms with E-state index in [2.05, 4.69) is 41.3 Å². The van der Waals surface area contributed by atoms with Gasteiger partial charge >= 0.3 is 12.1 Å². The third-order valence-electron chi connectivity index (χ3n) is 18.4. The van der Waals surface area contributed by atoms with Gasteiger partial charge in [-0.1, -0.05) is 46.1 Å². The summed E-state index contributed by atoms with van der Waals surface area (Å²) in [6, 6.07) is 4.17. The summed E-state index contributed by atoms with van der Waals surface area (Å²) in [5.74, 6) is -2.16. The van der Waals surface area contributed by atoms with Gasteiger partial charge in [0.25, 0.3) is 0 Å². The Kier molecular flexibility index (Phi) is 18.9. The molecular formula is C59H86N6O16. The number of benzene rings is 1. The van der Waals surface area contributed by atoms with E-state index in [-0.39, 0.29) is 124 Å². The molecule has 0 aromatic heterocycles. The molecule has 81 heavy (non-hydrogen) atoms. The monoisotopic (exact) mass is 1130 g/mol. The molecule has 1 spiro atoms. The summed E-state index contributed by atoms with van der Waals surface area (Å²) in [7, 11) is 1.59. The largest absolute Gasteiger partial charge is 0.445 e. The quantitative estimate of drug-likeness (QED) is 0.0899. The Morgan fingerprint density at radius 1 is 0.802 bits per heavy atom. The predicted molar refractivity (Wildman–Crippen MR) is 292 cm³/mol. The normalized spacial score (nSPS) is 38.3. The smallest absolute Gasteiger partial charge is 0.407 e. The van der Waals surface area contributed by atoms with Gasteiger partial charge in [-0.15, -0.1) is 0 Å². The van der Waals surface area contributed by atoms with Crippen LogP contribution in [0.2, 0.25) is 0 Å². The van der Waals surface area contributed by atoms with Crippen LogP contribution in [0, 0.1) is 17.8 Å². The van der Waals surface area contributed by atoms with Gasteiger partial charge in [-0.3, -0.25) is 14.4 Å². The van der Waals surface area contributed by atoms with Crippen molar-refractivity contribution in [3.8, 4) is 0 Å². The molecule has 22 heteroatoms. The molecule has 0 aliphatic carbocycles. The molecule has 0 unspecified atom stereocenters. The number of ether oxygens (including phenoxy) is 10. The Balaban J connectivity index is 0.762. The second kappa shape index (κ2) is 25.7. The summed E-state index contributed by atoms with van der Waals surface area (Å²) in [5, 5.41) is 22.1. The molecule has 22 nitrogen and oxygen atoms in total. The van der Waals surface area contributed by atoms with Crippen LogP contribution in [-0.4, -0.2) is 171 Å². The molecule has 10 aliphatic heterocycles. The average molecular weight is 1140 g/mol. The Hall–Kier alpha value is -4.59. The van der Waals surface area contributed by atoms with E-state index in [1.54, 1.807) is 45.2 Å². The number of amides is 5. The summed E-state index contributed by atoms with van der Waals surface area (Å²) in [4.78, 5) is 64.7. The maximum atomic E-state index is 14.5. The number of fused-ring (bicyclic) bond motifs is 6. The van der Waals surface area contributed by atoms with Gasteiger partial charge in [0.15, 0.2) is 5.79 Å². The number of methoxy groups -OCH3 is 1. The highest BCUT2D eigenvalue weighted by atomic mass is 16.8. The fraction of sp³-hybridized carbons (Fsp3) is 0.746. The van der Waals surface area contributed by atoms with Gasteiger partial charge in [-0.05, 0) is 98.5 Å². The molecule has 448 valence electrons. The van der Waals surface area contributed by atoms with Crippen molar-refractivity contribution < 1.29 is 76.4 Å². The van der Waals surface area contributed by atoms with Gasteiger partial charge in [0.1, 0.15) is 49.0 Å². The van der Waals surface area contributed by atoms with E-state index < -0.39 is 84.4 Å². The number of anilines is 1. The van der Waals surface area contributed by atoms with Gasteiger partial charge in [0.2, 0.25) is 11.8 Å². The van der Waals surface area contributed by atoms with Gasteiger partial charge in [-0.25, -0.2) is 9.59 Å². The van der Waals surface area contributed by atoms with Crippen molar-refractivity contribution in [3.05, 3.63) is 54.1 Å². The first-order chi connectivity index (χ1) is 38.8. The molecule has 5 amide bonds. The highest BCUT2D eigenvalue weighted by Crippen LogP contribution is 2.54. The molecule has 1 aromatic rings. The number of Topliss-reactive ketones (excluding diaryl/α,β-unsaturated/α-hetero) is 1. The minimum absolute atomic E-state index is 0.0112. The van der Waals surface area contributed by atoms with Crippen LogP contribution >= 0.6 is 0 Å². The van der Waals surface area contributed by atoms with Crippen LogP contribution in [0.25, 0.3) is 0 Å². The Bertz CT molecular complexity index is 2450. The SMILES string of the molecule is C=C1C[C@@H]2CC[C@@]34C[C@H]5O[C@H]6[C@@H](O3)[C@H]3O[C@H](CC[C@@H]3O[C@H]6[C@H]5O4)CC(=O)C[C@@H]3[C@@H](OC)[C@@H](C[C@H](O)CNC(=O)OCc4ccc(NC(=O)[C@H](CCCNC(N)=O)NC(=O)[C@@H](N)C(C)C)cc4)O[C@H]3C[C@H]3O[C@@H](CC[C@@H]1O2)C[C@@H](C)C3=C. The van der Waals surface area contributed by atoms with Crippen molar-refractivity contribution in [2.24, 2.45) is 29.2 Å². The van der Waals surface area contributed by atoms with Crippen LogP contribution in [0.15, 0.2) is 48.6 Å². The van der Waals surface area contributed by atoms with Crippen LogP contribution in [0.4, 0.5) is 15.3 Å². The van der Waals surface area contributed by atoms with Crippen molar-refractivity contribution in [1.82, 2.24) is 16.0 Å². The molecule has 10 fully saturated rings. The number of hydrogen-bond donors (Lipinski definition) is 7. The molecule has 11 rings (SSSR count). The van der Waals surface area contributed by atoms with Crippen LogP contribution in [0.1, 0.15) is 123 Å². The molecular weight excluding hydrogens is 1050 g/mol. The second-order valence-corrected chi connectivity index (χ2v) is 24.6. The maximum absolute atomic E-state index is 14.5. The number of nitrogens with two attached hydrogens (primary N) is 2. The van der Waals surface area contributed by atoms with E-state index in [0.29, 0.717) is 49.8 Å². The summed E-state index contributed by atoms with van der Waals surface area (Å²) in [5.41, 5.74) is 14.3.